The molecule has 12 nitrogen and oxygen atoms in total. The summed E-state index contributed by atoms with van der Waals surface area (Å²) in [6, 6.07) is 83.8. The van der Waals surface area contributed by atoms with Gasteiger partial charge in [-0.25, -0.2) is 0 Å². The number of nitrogens with zero attached hydrogens (tertiary/aromatic N) is 4. The molecule has 0 aromatic heterocycles. The number of carbonyl (C=O) groups is 4. The maximum Gasteiger partial charge on any atom is 2.00 e. The molecular formula is C72H64N4O8Rh2. The van der Waals surface area contributed by atoms with Crippen molar-refractivity contribution in [3.05, 3.63) is 287 Å². The van der Waals surface area contributed by atoms with Gasteiger partial charge in [-0.1, -0.05) is 243 Å². The Balaban J connectivity index is 0.000000280. The Morgan fingerprint density at radius 2 is 0.407 bits per heavy atom. The standard InChI is InChI=1S/4C16H14O2.4C2H3N.2Rh/c4*17-15(18)16(13-9-5-2-6-10-13)11-14(16)12-7-3-1-4-8-12;4*1-2-3;;/h4*1-10,14H,11H2,(H,17,18);4*1H3;;/q;;;;;;;;2*+2/p-4/t4*14-,16+;;;;;;/m1111....../s1. The van der Waals surface area contributed by atoms with Crippen LogP contribution in [0.1, 0.15) is 122 Å². The number of nitriles is 4. The summed E-state index contributed by atoms with van der Waals surface area (Å²) < 4.78 is 0. The van der Waals surface area contributed by atoms with E-state index < -0.39 is 45.5 Å². The minimum atomic E-state index is -0.970. The monoisotopic (exact) mass is 1320 g/mol. The summed E-state index contributed by atoms with van der Waals surface area (Å²) in [6.45, 7) is 5.72. The zero-order valence-corrected chi connectivity index (χ0v) is 51.2. The van der Waals surface area contributed by atoms with Crippen molar-refractivity contribution in [1.82, 2.24) is 0 Å². The van der Waals surface area contributed by atoms with Crippen LogP contribution < -0.4 is 20.4 Å². The van der Waals surface area contributed by atoms with E-state index in [9.17, 15) is 39.6 Å². The molecule has 4 saturated carbocycles. The third-order valence-electron chi connectivity index (χ3n) is 15.3. The van der Waals surface area contributed by atoms with E-state index in [1.165, 1.54) is 27.7 Å². The number of carboxylic acids is 4. The van der Waals surface area contributed by atoms with Crippen LogP contribution in [-0.2, 0) is 79.8 Å². The number of carbonyl (C=O) groups excluding carboxylic acids is 4. The molecule has 4 fully saturated rings. The number of hydrogen-bond acceptors (Lipinski definition) is 12. The van der Waals surface area contributed by atoms with E-state index in [2.05, 4.69) is 0 Å². The number of hydrogen-bond donors (Lipinski definition) is 0. The van der Waals surface area contributed by atoms with E-state index >= 15 is 0 Å². The van der Waals surface area contributed by atoms with Gasteiger partial charge in [0.2, 0.25) is 0 Å². The molecule has 0 spiro atoms. The Morgan fingerprint density at radius 1 is 0.291 bits per heavy atom. The van der Waals surface area contributed by atoms with Crippen LogP contribution in [0.3, 0.4) is 0 Å². The van der Waals surface area contributed by atoms with Gasteiger partial charge in [0.05, 0.1) is 48.2 Å². The van der Waals surface area contributed by atoms with E-state index in [0.717, 1.165) is 44.5 Å². The van der Waals surface area contributed by atoms with Crippen molar-refractivity contribution in [2.75, 3.05) is 0 Å². The van der Waals surface area contributed by atoms with Gasteiger partial charge in [0, 0.05) is 73.0 Å². The summed E-state index contributed by atoms with van der Waals surface area (Å²) in [4.78, 5) is 46.2. The molecule has 0 bridgehead atoms. The van der Waals surface area contributed by atoms with Crippen LogP contribution in [0, 0.1) is 45.3 Å². The second-order valence-electron chi connectivity index (χ2n) is 20.1. The maximum atomic E-state index is 11.6. The zero-order valence-electron chi connectivity index (χ0n) is 48.0. The van der Waals surface area contributed by atoms with E-state index in [-0.39, 0.29) is 62.6 Å². The first kappa shape index (κ1) is 71.1. The van der Waals surface area contributed by atoms with Crippen LogP contribution in [-0.4, -0.2) is 23.9 Å². The molecule has 8 atom stereocenters. The van der Waals surface area contributed by atoms with E-state index in [1.54, 1.807) is 24.3 Å². The first-order chi connectivity index (χ1) is 40.7. The summed E-state index contributed by atoms with van der Waals surface area (Å²) in [6.07, 6.45) is 2.51. The Labute approximate surface area is 530 Å². The maximum absolute atomic E-state index is 11.6. The summed E-state index contributed by atoms with van der Waals surface area (Å²) in [7, 11) is 0. The smallest absolute Gasteiger partial charge is 0.549 e. The molecule has 8 aromatic carbocycles. The number of aliphatic carboxylic acids is 4. The molecule has 4 aliphatic carbocycles. The molecular weight excluding hydrogens is 1250 g/mol. The molecule has 8 aromatic rings. The van der Waals surface area contributed by atoms with Gasteiger partial charge in [-0.3, -0.25) is 0 Å². The van der Waals surface area contributed by atoms with Gasteiger partial charge in [0.25, 0.3) is 0 Å². The molecule has 86 heavy (non-hydrogen) atoms. The Morgan fingerprint density at radius 3 is 0.523 bits per heavy atom. The zero-order chi connectivity index (χ0) is 61.2. The van der Waals surface area contributed by atoms with Gasteiger partial charge < -0.3 is 39.6 Å². The Bertz CT molecular complexity index is 3070. The second-order valence-corrected chi connectivity index (χ2v) is 20.1. The van der Waals surface area contributed by atoms with E-state index in [4.69, 9.17) is 21.0 Å². The van der Waals surface area contributed by atoms with Gasteiger partial charge in [0.1, 0.15) is 0 Å². The third kappa shape index (κ3) is 17.0. The van der Waals surface area contributed by atoms with Crippen LogP contribution in [0.5, 0.6) is 0 Å². The largest absolute Gasteiger partial charge is 2.00 e. The molecule has 12 rings (SSSR count). The van der Waals surface area contributed by atoms with E-state index in [1.807, 2.05) is 243 Å². The predicted octanol–water partition coefficient (Wildman–Crippen LogP) is 9.56. The minimum absolute atomic E-state index is 0. The number of carboxylic acid groups (broad SMARTS) is 4. The quantitative estimate of drug-likeness (QED) is 0.104. The van der Waals surface area contributed by atoms with Crippen molar-refractivity contribution < 1.29 is 78.6 Å². The molecule has 0 amide bonds. The summed E-state index contributed by atoms with van der Waals surface area (Å²) >= 11 is 0. The fourth-order valence-electron chi connectivity index (χ4n) is 11.0. The summed E-state index contributed by atoms with van der Waals surface area (Å²) in [5, 5.41) is 75.5. The first-order valence-corrected chi connectivity index (χ1v) is 27.2. The van der Waals surface area contributed by atoms with Crippen LogP contribution >= 0.6 is 0 Å². The SMILES string of the molecule is CC#N.CC#N.CC#N.CC#N.O=C([O-])[C@]1(c2ccccc2)C[C@@H]1c1ccccc1.O=C([O-])[C@]1(c2ccccc2)C[C@@H]1c1ccccc1.O=C([O-])[C@]1(c2ccccc2)C[C@@H]1c1ccccc1.O=C([O-])[C@]1(c2ccccc2)C[C@@H]1c1ccccc1.[Rh+2].[Rh+2]. The van der Waals surface area contributed by atoms with Crippen molar-refractivity contribution in [2.45, 2.75) is 98.7 Å². The molecule has 2 radical (unpaired) electrons. The topological polar surface area (TPSA) is 256 Å². The van der Waals surface area contributed by atoms with Gasteiger partial charge in [-0.2, -0.15) is 21.0 Å². The Hall–Kier alpha value is -9.15. The normalized spacial score (nSPS) is 21.9. The van der Waals surface area contributed by atoms with Crippen LogP contribution in [0.25, 0.3) is 0 Å². The second kappa shape index (κ2) is 34.6. The first-order valence-electron chi connectivity index (χ1n) is 27.2. The molecule has 0 unspecified atom stereocenters. The molecule has 0 aliphatic heterocycles. The van der Waals surface area contributed by atoms with Crippen molar-refractivity contribution >= 4 is 23.9 Å². The fraction of sp³-hybridized carbons (Fsp3) is 0.222. The molecule has 0 N–H and O–H groups in total. The number of benzene rings is 8. The van der Waals surface area contributed by atoms with E-state index in [0.29, 0.717) is 25.7 Å². The van der Waals surface area contributed by atoms with Crippen molar-refractivity contribution in [1.29, 1.82) is 21.0 Å². The van der Waals surface area contributed by atoms with Gasteiger partial charge in [-0.05, 0) is 70.2 Å². The van der Waals surface area contributed by atoms with Crippen molar-refractivity contribution in [2.24, 2.45) is 0 Å². The van der Waals surface area contributed by atoms with Gasteiger partial charge >= 0.3 is 39.0 Å². The summed E-state index contributed by atoms with van der Waals surface area (Å²) in [5.41, 5.74) is 4.36. The van der Waals surface area contributed by atoms with Crippen molar-refractivity contribution in [3.63, 3.8) is 0 Å². The average Bonchev–Trinajstić information content (AvgIpc) is 1.80. The van der Waals surface area contributed by atoms with Crippen LogP contribution in [0.4, 0.5) is 0 Å². The third-order valence-corrected chi connectivity index (χ3v) is 15.3. The molecule has 438 valence electrons. The van der Waals surface area contributed by atoms with Crippen molar-refractivity contribution in [3.8, 4) is 24.3 Å². The molecule has 0 heterocycles. The van der Waals surface area contributed by atoms with Crippen LogP contribution in [0.2, 0.25) is 0 Å². The molecule has 0 saturated heterocycles. The predicted molar refractivity (Wildman–Crippen MR) is 313 cm³/mol. The number of rotatable bonds is 12. The molecule has 4 aliphatic rings. The van der Waals surface area contributed by atoms with Crippen LogP contribution in [0.15, 0.2) is 243 Å². The summed E-state index contributed by atoms with van der Waals surface area (Å²) in [5.74, 6) is -3.75. The van der Waals surface area contributed by atoms with Gasteiger partial charge in [0.15, 0.2) is 0 Å². The van der Waals surface area contributed by atoms with Gasteiger partial charge in [-0.15, -0.1) is 0 Å². The Kier molecular flexibility index (Phi) is 28.6. The minimum Gasteiger partial charge on any atom is -0.549 e. The average molecular weight is 1320 g/mol. The molecule has 14 heteroatoms. The fourth-order valence-corrected chi connectivity index (χ4v) is 11.0.